The molecule has 0 fully saturated rings. The lowest BCUT2D eigenvalue weighted by atomic mass is 10.2. The second kappa shape index (κ2) is 6.77. The zero-order valence-corrected chi connectivity index (χ0v) is 11.4. The van der Waals surface area contributed by atoms with E-state index in [4.69, 9.17) is 5.11 Å². The van der Waals surface area contributed by atoms with E-state index in [0.717, 1.165) is 4.90 Å². The molecular weight excluding hydrogens is 274 g/mol. The largest absolute Gasteiger partial charge is 0.508 e. The highest BCUT2D eigenvalue weighted by Gasteiger charge is 2.10. The van der Waals surface area contributed by atoms with Gasteiger partial charge in [-0.25, -0.2) is 0 Å². The Morgan fingerprint density at radius 1 is 1.00 bits per heavy atom. The summed E-state index contributed by atoms with van der Waals surface area (Å²) in [5.41, 5.74) is 0.454. The van der Waals surface area contributed by atoms with Crippen LogP contribution in [0.25, 0.3) is 0 Å². The molecule has 0 radical (unpaired) electrons. The van der Waals surface area contributed by atoms with Crippen molar-refractivity contribution < 1.29 is 14.7 Å². The van der Waals surface area contributed by atoms with Crippen molar-refractivity contribution >= 4 is 23.6 Å². The van der Waals surface area contributed by atoms with E-state index >= 15 is 0 Å². The SMILES string of the molecule is O=C(CSc1ccc(O)cc1)NC(=O)c1ccccc1. The normalized spacial score (nSPS) is 10.0. The molecule has 2 rings (SSSR count). The average Bonchev–Trinajstić information content (AvgIpc) is 2.47. The Bertz CT molecular complexity index is 596. The van der Waals surface area contributed by atoms with E-state index in [0.29, 0.717) is 5.56 Å². The molecule has 0 aromatic heterocycles. The molecule has 0 aliphatic heterocycles. The van der Waals surface area contributed by atoms with Gasteiger partial charge in [-0.15, -0.1) is 11.8 Å². The second-order valence-electron chi connectivity index (χ2n) is 4.03. The average molecular weight is 287 g/mol. The molecule has 0 heterocycles. The predicted octanol–water partition coefficient (Wildman–Crippen LogP) is 2.44. The summed E-state index contributed by atoms with van der Waals surface area (Å²) < 4.78 is 0. The van der Waals surface area contributed by atoms with E-state index in [1.54, 1.807) is 54.6 Å². The third-order valence-electron chi connectivity index (χ3n) is 2.50. The fraction of sp³-hybridized carbons (Fsp3) is 0.0667. The Labute approximate surface area is 120 Å². The van der Waals surface area contributed by atoms with Gasteiger partial charge in [0, 0.05) is 10.5 Å². The zero-order valence-electron chi connectivity index (χ0n) is 10.6. The Kier molecular flexibility index (Phi) is 4.79. The summed E-state index contributed by atoms with van der Waals surface area (Å²) in [5, 5.41) is 11.5. The Morgan fingerprint density at radius 3 is 2.30 bits per heavy atom. The van der Waals surface area contributed by atoms with E-state index in [1.165, 1.54) is 11.8 Å². The summed E-state index contributed by atoms with van der Waals surface area (Å²) in [7, 11) is 0. The lowest BCUT2D eigenvalue weighted by Crippen LogP contribution is -2.31. The van der Waals surface area contributed by atoms with Gasteiger partial charge in [0.25, 0.3) is 5.91 Å². The van der Waals surface area contributed by atoms with Crippen LogP contribution in [0.3, 0.4) is 0 Å². The minimum absolute atomic E-state index is 0.142. The molecule has 2 N–H and O–H groups in total. The van der Waals surface area contributed by atoms with E-state index < -0.39 is 5.91 Å². The van der Waals surface area contributed by atoms with Crippen LogP contribution in [0.4, 0.5) is 0 Å². The highest BCUT2D eigenvalue weighted by Crippen LogP contribution is 2.20. The maximum Gasteiger partial charge on any atom is 0.257 e. The molecule has 4 nitrogen and oxygen atoms in total. The standard InChI is InChI=1S/C15H13NO3S/c17-12-6-8-13(9-7-12)20-10-14(18)16-15(19)11-4-2-1-3-5-11/h1-9,17H,10H2,(H,16,18,19). The van der Waals surface area contributed by atoms with Gasteiger partial charge < -0.3 is 5.11 Å². The number of phenols is 1. The highest BCUT2D eigenvalue weighted by atomic mass is 32.2. The number of nitrogens with one attached hydrogen (secondary N) is 1. The van der Waals surface area contributed by atoms with Crippen molar-refractivity contribution in [1.82, 2.24) is 5.32 Å². The molecule has 0 bridgehead atoms. The van der Waals surface area contributed by atoms with Crippen LogP contribution >= 0.6 is 11.8 Å². The summed E-state index contributed by atoms with van der Waals surface area (Å²) in [6.07, 6.45) is 0. The minimum atomic E-state index is -0.401. The van der Waals surface area contributed by atoms with Gasteiger partial charge in [-0.3, -0.25) is 14.9 Å². The molecule has 0 saturated heterocycles. The number of phenolic OH excluding ortho intramolecular Hbond substituents is 1. The topological polar surface area (TPSA) is 66.4 Å². The molecule has 0 aliphatic rings. The van der Waals surface area contributed by atoms with Crippen LogP contribution in [0.15, 0.2) is 59.5 Å². The molecular formula is C15H13NO3S. The van der Waals surface area contributed by atoms with Gasteiger partial charge in [0.2, 0.25) is 5.91 Å². The van der Waals surface area contributed by atoms with Gasteiger partial charge in [-0.05, 0) is 36.4 Å². The molecule has 2 amide bonds. The summed E-state index contributed by atoms with van der Waals surface area (Å²) in [4.78, 5) is 24.3. The van der Waals surface area contributed by atoms with E-state index in [2.05, 4.69) is 5.32 Å². The molecule has 0 unspecified atom stereocenters. The number of aromatic hydroxyl groups is 1. The fourth-order valence-corrected chi connectivity index (χ4v) is 2.21. The monoisotopic (exact) mass is 287 g/mol. The third kappa shape index (κ3) is 4.13. The molecule has 102 valence electrons. The summed E-state index contributed by atoms with van der Waals surface area (Å²) >= 11 is 1.30. The number of hydrogen-bond donors (Lipinski definition) is 2. The van der Waals surface area contributed by atoms with Crippen molar-refractivity contribution in [2.75, 3.05) is 5.75 Å². The maximum absolute atomic E-state index is 11.7. The first-order chi connectivity index (χ1) is 9.65. The molecule has 0 spiro atoms. The first-order valence-corrected chi connectivity index (χ1v) is 6.95. The Hall–Kier alpha value is -2.27. The smallest absolute Gasteiger partial charge is 0.257 e. The molecule has 2 aromatic carbocycles. The van der Waals surface area contributed by atoms with Gasteiger partial charge in [0.15, 0.2) is 0 Å². The quantitative estimate of drug-likeness (QED) is 0.848. The van der Waals surface area contributed by atoms with Crippen molar-refractivity contribution in [3.05, 3.63) is 60.2 Å². The third-order valence-corrected chi connectivity index (χ3v) is 3.51. The van der Waals surface area contributed by atoms with E-state index in [1.807, 2.05) is 0 Å². The predicted molar refractivity (Wildman–Crippen MR) is 77.7 cm³/mol. The van der Waals surface area contributed by atoms with Crippen LogP contribution in [-0.2, 0) is 4.79 Å². The van der Waals surface area contributed by atoms with Crippen LogP contribution in [-0.4, -0.2) is 22.7 Å². The van der Waals surface area contributed by atoms with Crippen molar-refractivity contribution in [2.24, 2.45) is 0 Å². The maximum atomic E-state index is 11.7. The van der Waals surface area contributed by atoms with Crippen LogP contribution in [0.5, 0.6) is 5.75 Å². The highest BCUT2D eigenvalue weighted by molar-refractivity contribution is 8.00. The van der Waals surface area contributed by atoms with E-state index in [9.17, 15) is 9.59 Å². The Balaban J connectivity index is 1.84. The van der Waals surface area contributed by atoms with Crippen LogP contribution in [0.2, 0.25) is 0 Å². The van der Waals surface area contributed by atoms with Gasteiger partial charge in [-0.1, -0.05) is 18.2 Å². The molecule has 5 heteroatoms. The van der Waals surface area contributed by atoms with Crippen LogP contribution < -0.4 is 5.32 Å². The van der Waals surface area contributed by atoms with Gasteiger partial charge in [0.05, 0.1) is 5.75 Å². The lowest BCUT2D eigenvalue weighted by molar-refractivity contribution is -0.117. The number of imide groups is 1. The number of thioether (sulfide) groups is 1. The fourth-order valence-electron chi connectivity index (χ4n) is 1.52. The summed E-state index contributed by atoms with van der Waals surface area (Å²) in [6, 6.07) is 15.1. The first kappa shape index (κ1) is 14.1. The number of carbonyl (C=O) groups excluding carboxylic acids is 2. The van der Waals surface area contributed by atoms with Gasteiger partial charge >= 0.3 is 0 Å². The molecule has 20 heavy (non-hydrogen) atoms. The number of benzene rings is 2. The molecule has 0 aliphatic carbocycles. The van der Waals surface area contributed by atoms with Crippen LogP contribution in [0, 0.1) is 0 Å². The van der Waals surface area contributed by atoms with Crippen LogP contribution in [0.1, 0.15) is 10.4 Å². The number of amides is 2. The van der Waals surface area contributed by atoms with Crippen molar-refractivity contribution in [2.45, 2.75) is 4.90 Å². The number of rotatable bonds is 4. The second-order valence-corrected chi connectivity index (χ2v) is 5.07. The Morgan fingerprint density at radius 2 is 1.65 bits per heavy atom. The lowest BCUT2D eigenvalue weighted by Gasteiger charge is -2.04. The van der Waals surface area contributed by atoms with E-state index in [-0.39, 0.29) is 17.4 Å². The molecule has 0 atom stereocenters. The number of carbonyl (C=O) groups is 2. The van der Waals surface area contributed by atoms with Crippen molar-refractivity contribution in [3.8, 4) is 5.75 Å². The summed E-state index contributed by atoms with van der Waals surface area (Å²) in [6.45, 7) is 0. The first-order valence-electron chi connectivity index (χ1n) is 5.96. The van der Waals surface area contributed by atoms with Gasteiger partial charge in [-0.2, -0.15) is 0 Å². The summed E-state index contributed by atoms with van der Waals surface area (Å²) in [5.74, 6) is -0.430. The van der Waals surface area contributed by atoms with Crippen molar-refractivity contribution in [1.29, 1.82) is 0 Å². The molecule has 2 aromatic rings. The number of hydrogen-bond acceptors (Lipinski definition) is 4. The molecule has 0 saturated carbocycles. The van der Waals surface area contributed by atoms with Crippen molar-refractivity contribution in [3.63, 3.8) is 0 Å². The minimum Gasteiger partial charge on any atom is -0.508 e. The van der Waals surface area contributed by atoms with Gasteiger partial charge in [0.1, 0.15) is 5.75 Å². The zero-order chi connectivity index (χ0) is 14.4.